The molecule has 0 spiro atoms. The Bertz CT molecular complexity index is 731. The third kappa shape index (κ3) is 76.6. The second-order valence-corrected chi connectivity index (χ2v) is 6.91. The van der Waals surface area contributed by atoms with Gasteiger partial charge in [-0.1, -0.05) is 0 Å². The van der Waals surface area contributed by atoms with Crippen molar-refractivity contribution in [1.29, 1.82) is 0 Å². The molecule has 0 saturated carbocycles. The fraction of sp³-hybridized carbons (Fsp3) is 0. The van der Waals surface area contributed by atoms with Gasteiger partial charge in [-0.25, -0.2) is 33.7 Å². The van der Waals surface area contributed by atoms with Crippen molar-refractivity contribution in [2.45, 2.75) is 0 Å². The Kier molecular flexibility index (Phi) is 23.2. The predicted molar refractivity (Wildman–Crippen MR) is 74.5 cm³/mol. The van der Waals surface area contributed by atoms with Crippen molar-refractivity contribution in [3.8, 4) is 0 Å². The van der Waals surface area contributed by atoms with Gasteiger partial charge in [-0.2, -0.15) is 19.3 Å². The van der Waals surface area contributed by atoms with Crippen LogP contribution in [0, 0.1) is 19.6 Å². The van der Waals surface area contributed by atoms with Gasteiger partial charge in [0.25, 0.3) is 0 Å². The van der Waals surface area contributed by atoms with E-state index < -0.39 is 41.2 Å². The molecular weight excluding hydrogens is 597 g/mol. The molecule has 0 aromatic carbocycles. The zero-order chi connectivity index (χ0) is 23.7. The number of nitrogens with zero attached hydrogens (tertiary/aromatic N) is 4. The van der Waals surface area contributed by atoms with Crippen molar-refractivity contribution in [2.75, 3.05) is 0 Å². The summed E-state index contributed by atoms with van der Waals surface area (Å²) in [6, 6.07) is 0. The molecule has 0 radical (unpaired) electrons. The normalized spacial score (nSPS) is 10.1. The molecular formula is H4N8O16RuS4. The average molecular weight is 601 g/mol. The maximum absolute atomic E-state index is 9.27. The fourth-order valence-electron chi connectivity index (χ4n) is 0.183. The van der Waals surface area contributed by atoms with Gasteiger partial charge in [0, 0.05) is 0 Å². The van der Waals surface area contributed by atoms with E-state index in [1.807, 2.05) is 0 Å². The fourth-order valence-corrected chi connectivity index (χ4v) is 0.548. The molecule has 0 aliphatic carbocycles. The molecule has 0 atom stereocenters. The molecule has 4 N–H and O–H groups in total. The maximum atomic E-state index is 9.27. The molecule has 29 heavy (non-hydrogen) atoms. The SMILES string of the molecule is O=NNS(=O)(=O)[O-].O=NNS(=O)(=O)[O-].O=NNS(=O)(=O)[O-].O=NNS(=O)(=O)[O-].[Ru+4]. The van der Waals surface area contributed by atoms with Crippen LogP contribution in [0.2, 0.25) is 0 Å². The Morgan fingerprint density at radius 3 is 0.517 bits per heavy atom. The first-order valence-electron chi connectivity index (χ1n) is 4.44. The van der Waals surface area contributed by atoms with Gasteiger partial charge in [0.05, 0.1) is 21.1 Å². The summed E-state index contributed by atoms with van der Waals surface area (Å²) in [7, 11) is -18.6. The summed E-state index contributed by atoms with van der Waals surface area (Å²) in [5.41, 5.74) is 0. The van der Waals surface area contributed by atoms with Gasteiger partial charge >= 0.3 is 19.5 Å². The number of rotatable bonds is 8. The number of hydrogen-bond donors (Lipinski definition) is 4. The molecule has 0 rings (SSSR count). The van der Waals surface area contributed by atoms with Gasteiger partial charge in [-0.3, -0.25) is 0 Å². The van der Waals surface area contributed by atoms with Crippen LogP contribution >= 0.6 is 0 Å². The molecule has 24 nitrogen and oxygen atoms in total. The molecule has 0 unspecified atom stereocenters. The zero-order valence-electron chi connectivity index (χ0n) is 12.3. The minimum atomic E-state index is -4.65. The molecule has 29 heteroatoms. The van der Waals surface area contributed by atoms with Crippen LogP contribution in [-0.2, 0) is 60.7 Å². The van der Waals surface area contributed by atoms with E-state index in [-0.39, 0.29) is 19.5 Å². The van der Waals surface area contributed by atoms with Gasteiger partial charge in [0.2, 0.25) is 0 Å². The third-order valence-electron chi connectivity index (χ3n) is 0.596. The van der Waals surface area contributed by atoms with E-state index >= 15 is 0 Å². The van der Waals surface area contributed by atoms with Crippen molar-refractivity contribution in [3.05, 3.63) is 19.6 Å². The monoisotopic (exact) mass is 602 g/mol. The van der Waals surface area contributed by atoms with Gasteiger partial charge < -0.3 is 18.2 Å². The molecule has 0 amide bonds. The standard InChI is InChI=1S/4H2N2O4S.Ru/c4*3-1-2-7(4,5)6;/h4*(H,2,3)(H,4,5,6);/q;;;;+4/p-4. The van der Waals surface area contributed by atoms with Crippen LogP contribution in [0.4, 0.5) is 0 Å². The summed E-state index contributed by atoms with van der Waals surface area (Å²) in [6.07, 6.45) is 0. The summed E-state index contributed by atoms with van der Waals surface area (Å²) < 4.78 is 111. The van der Waals surface area contributed by atoms with Gasteiger partial charge in [-0.05, 0) is 0 Å². The van der Waals surface area contributed by atoms with E-state index in [0.29, 0.717) is 0 Å². The summed E-state index contributed by atoms with van der Waals surface area (Å²) in [5.74, 6) is 0. The van der Waals surface area contributed by atoms with E-state index in [1.54, 1.807) is 21.1 Å². The molecule has 0 saturated heterocycles. The molecule has 0 aromatic heterocycles. The number of nitroso groups, excluding NO2 is 4. The Morgan fingerprint density at radius 2 is 0.517 bits per heavy atom. The molecule has 0 aliphatic heterocycles. The van der Waals surface area contributed by atoms with Gasteiger partial charge in [-0.15, -0.1) is 19.6 Å². The van der Waals surface area contributed by atoms with Crippen molar-refractivity contribution in [3.63, 3.8) is 0 Å². The predicted octanol–water partition coefficient (Wildman–Crippen LogP) is -5.13. The smallest absolute Gasteiger partial charge is 0.730 e. The number of hydrogen-bond acceptors (Lipinski definition) is 20. The Morgan fingerprint density at radius 1 is 0.414 bits per heavy atom. The Hall–Kier alpha value is -2.14. The first kappa shape index (κ1) is 37.6. The van der Waals surface area contributed by atoms with E-state index in [0.717, 1.165) is 19.3 Å². The summed E-state index contributed by atoms with van der Waals surface area (Å²) in [6.45, 7) is 0. The second-order valence-electron chi connectivity index (χ2n) is 2.55. The third-order valence-corrected chi connectivity index (χ3v) is 1.79. The average Bonchev–Trinajstić information content (AvgIpc) is 2.34. The van der Waals surface area contributed by atoms with Crippen LogP contribution in [0.25, 0.3) is 0 Å². The van der Waals surface area contributed by atoms with E-state index in [9.17, 15) is 51.9 Å². The summed E-state index contributed by atoms with van der Waals surface area (Å²) in [5, 5.41) is 6.43. The first-order chi connectivity index (χ1) is 12.2. The van der Waals surface area contributed by atoms with Gasteiger partial charge in [0.1, 0.15) is 0 Å². The van der Waals surface area contributed by atoms with E-state index in [2.05, 4.69) is 0 Å². The van der Waals surface area contributed by atoms with Crippen molar-refractivity contribution < 1.29 is 71.4 Å². The Labute approximate surface area is 172 Å². The van der Waals surface area contributed by atoms with E-state index in [1.165, 1.54) is 0 Å². The topological polar surface area (TPSA) is 395 Å². The van der Waals surface area contributed by atoms with Gasteiger partial charge in [0.15, 0.2) is 41.2 Å². The largest absolute Gasteiger partial charge is 4.00 e. The second kappa shape index (κ2) is 17.9. The van der Waals surface area contributed by atoms with Crippen molar-refractivity contribution in [1.82, 2.24) is 19.3 Å². The zero-order valence-corrected chi connectivity index (χ0v) is 17.3. The van der Waals surface area contributed by atoms with Crippen molar-refractivity contribution in [2.24, 2.45) is 21.1 Å². The van der Waals surface area contributed by atoms with Crippen LogP contribution < -0.4 is 19.3 Å². The van der Waals surface area contributed by atoms with E-state index in [4.69, 9.17) is 19.6 Å². The van der Waals surface area contributed by atoms with Crippen molar-refractivity contribution >= 4 is 41.2 Å². The van der Waals surface area contributed by atoms with Crippen LogP contribution in [0.3, 0.4) is 0 Å². The van der Waals surface area contributed by atoms with Crippen LogP contribution in [-0.4, -0.2) is 51.9 Å². The first-order valence-corrected chi connectivity index (χ1v) is 10.1. The maximum Gasteiger partial charge on any atom is 4.00 e. The summed E-state index contributed by atoms with van der Waals surface area (Å²) >= 11 is 0. The number of nitrogens with one attached hydrogen (secondary N) is 4. The molecule has 0 heterocycles. The molecule has 0 aliphatic rings. The Balaban J connectivity index is -0.0000000873. The minimum Gasteiger partial charge on any atom is -0.730 e. The molecule has 0 aromatic rings. The summed E-state index contributed by atoms with van der Waals surface area (Å²) in [4.78, 5) is 38.6. The van der Waals surface area contributed by atoms with Crippen LogP contribution in [0.1, 0.15) is 0 Å². The molecule has 0 bridgehead atoms. The van der Waals surface area contributed by atoms with Crippen LogP contribution in [0.5, 0.6) is 0 Å². The quantitative estimate of drug-likeness (QED) is 0.0874. The van der Waals surface area contributed by atoms with Crippen LogP contribution in [0.15, 0.2) is 21.1 Å². The minimum absolute atomic E-state index is 0. The molecule has 172 valence electrons. The molecule has 0 fully saturated rings.